The minimum Gasteiger partial charge on any atom is -0.497 e. The van der Waals surface area contributed by atoms with E-state index in [1.165, 1.54) is 0 Å². The Bertz CT molecular complexity index is 924. The Morgan fingerprint density at radius 2 is 2.04 bits per heavy atom. The van der Waals surface area contributed by atoms with E-state index in [0.29, 0.717) is 12.2 Å². The second-order valence-electron chi connectivity index (χ2n) is 6.52. The second kappa shape index (κ2) is 8.36. The highest BCUT2D eigenvalue weighted by Crippen LogP contribution is 2.32. The third kappa shape index (κ3) is 4.93. The minimum atomic E-state index is -3.08. The number of amides is 3. The van der Waals surface area contributed by atoms with Crippen molar-refractivity contribution in [3.63, 3.8) is 0 Å². The van der Waals surface area contributed by atoms with Crippen molar-refractivity contribution in [2.75, 3.05) is 25.2 Å². The van der Waals surface area contributed by atoms with Crippen molar-refractivity contribution in [3.8, 4) is 5.75 Å². The average molecular weight is 425 g/mol. The van der Waals surface area contributed by atoms with Gasteiger partial charge in [-0.3, -0.25) is 19.3 Å². The maximum Gasteiger partial charge on any atom is 0.293 e. The first-order chi connectivity index (χ1) is 13.3. The topological polar surface area (TPSA) is 110 Å². The number of thioether (sulfide) groups is 1. The lowest BCUT2D eigenvalue weighted by molar-refractivity contribution is -0.124. The molecule has 2 fully saturated rings. The number of hydrogen-bond acceptors (Lipinski definition) is 7. The second-order valence-corrected chi connectivity index (χ2v) is 9.75. The summed E-state index contributed by atoms with van der Waals surface area (Å²) in [6.07, 6.45) is 1.94. The van der Waals surface area contributed by atoms with Gasteiger partial charge in [0, 0.05) is 19.0 Å². The van der Waals surface area contributed by atoms with Gasteiger partial charge in [-0.2, -0.15) is 0 Å². The third-order valence-corrected chi connectivity index (χ3v) is 7.12. The predicted molar refractivity (Wildman–Crippen MR) is 105 cm³/mol. The van der Waals surface area contributed by atoms with Crippen molar-refractivity contribution in [3.05, 3.63) is 34.7 Å². The maximum atomic E-state index is 12.5. The molecule has 2 saturated heterocycles. The molecule has 0 bridgehead atoms. The Morgan fingerprint density at radius 3 is 2.64 bits per heavy atom. The molecule has 3 rings (SSSR count). The molecule has 1 aromatic carbocycles. The van der Waals surface area contributed by atoms with E-state index in [-0.39, 0.29) is 35.3 Å². The summed E-state index contributed by atoms with van der Waals surface area (Å²) in [5, 5.41) is 2.22. The van der Waals surface area contributed by atoms with Gasteiger partial charge in [0.25, 0.3) is 11.1 Å². The Morgan fingerprint density at radius 1 is 1.32 bits per heavy atom. The standard InChI is InChI=1S/C18H20N2O6S2/c1-26-14-4-2-12(3-5-14)10-15-17(22)20(18(23)27-15)8-6-16(21)19-13-7-9-28(24,25)11-13/h2-5,10,13H,6-9,11H2,1H3,(H,19,21)/b15-10-/t13-/m1/s1. The van der Waals surface area contributed by atoms with E-state index in [1.54, 1.807) is 37.5 Å². The summed E-state index contributed by atoms with van der Waals surface area (Å²) in [6, 6.07) is 6.65. The summed E-state index contributed by atoms with van der Waals surface area (Å²) in [4.78, 5) is 37.9. The number of ether oxygens (including phenoxy) is 1. The van der Waals surface area contributed by atoms with Crippen LogP contribution < -0.4 is 10.1 Å². The monoisotopic (exact) mass is 424 g/mol. The highest BCUT2D eigenvalue weighted by atomic mass is 32.2. The first-order valence-corrected chi connectivity index (χ1v) is 11.3. The first kappa shape index (κ1) is 20.4. The van der Waals surface area contributed by atoms with E-state index in [1.807, 2.05) is 0 Å². The molecule has 2 aliphatic rings. The molecule has 2 aliphatic heterocycles. The van der Waals surface area contributed by atoms with Crippen LogP contribution in [0.1, 0.15) is 18.4 Å². The lowest BCUT2D eigenvalue weighted by atomic mass is 10.2. The lowest BCUT2D eigenvalue weighted by Gasteiger charge is -2.14. The Kier molecular flexibility index (Phi) is 6.09. The van der Waals surface area contributed by atoms with Gasteiger partial charge in [-0.05, 0) is 42.0 Å². The normalized spacial score (nSPS) is 22.7. The molecule has 0 spiro atoms. The highest BCUT2D eigenvalue weighted by Gasteiger charge is 2.35. The van der Waals surface area contributed by atoms with Crippen LogP contribution in [0.3, 0.4) is 0 Å². The fourth-order valence-corrected chi connectivity index (χ4v) is 5.50. The molecule has 0 radical (unpaired) electrons. The van der Waals surface area contributed by atoms with Gasteiger partial charge in [-0.15, -0.1) is 0 Å². The number of carbonyl (C=O) groups excluding carboxylic acids is 3. The van der Waals surface area contributed by atoms with Gasteiger partial charge in [0.1, 0.15) is 5.75 Å². The molecule has 0 aromatic heterocycles. The zero-order chi connectivity index (χ0) is 20.3. The molecule has 0 unspecified atom stereocenters. The molecular formula is C18H20N2O6S2. The van der Waals surface area contributed by atoms with E-state index in [0.717, 1.165) is 22.2 Å². The maximum absolute atomic E-state index is 12.5. The van der Waals surface area contributed by atoms with Gasteiger partial charge in [0.15, 0.2) is 9.84 Å². The van der Waals surface area contributed by atoms with Gasteiger partial charge in [-0.25, -0.2) is 8.42 Å². The van der Waals surface area contributed by atoms with Crippen LogP contribution in [-0.4, -0.2) is 61.6 Å². The number of imide groups is 1. The van der Waals surface area contributed by atoms with Gasteiger partial charge >= 0.3 is 0 Å². The van der Waals surface area contributed by atoms with Gasteiger partial charge in [0.2, 0.25) is 5.91 Å². The summed E-state index contributed by atoms with van der Waals surface area (Å²) < 4.78 is 27.9. The molecule has 2 heterocycles. The Labute approximate surface area is 167 Å². The van der Waals surface area contributed by atoms with Crippen molar-refractivity contribution < 1.29 is 27.5 Å². The number of hydrogen-bond donors (Lipinski definition) is 1. The fourth-order valence-electron chi connectivity index (χ4n) is 2.97. The van der Waals surface area contributed by atoms with Crippen molar-refractivity contribution in [2.24, 2.45) is 0 Å². The lowest BCUT2D eigenvalue weighted by Crippen LogP contribution is -2.38. The van der Waals surface area contributed by atoms with Crippen LogP contribution in [0.15, 0.2) is 29.2 Å². The summed E-state index contributed by atoms with van der Waals surface area (Å²) >= 11 is 0.827. The van der Waals surface area contributed by atoms with Crippen LogP contribution in [0, 0.1) is 0 Å². The predicted octanol–water partition coefficient (Wildman–Crippen LogP) is 1.42. The van der Waals surface area contributed by atoms with Gasteiger partial charge in [-0.1, -0.05) is 12.1 Å². The van der Waals surface area contributed by atoms with Crippen LogP contribution in [0.5, 0.6) is 5.75 Å². The largest absolute Gasteiger partial charge is 0.497 e. The summed E-state index contributed by atoms with van der Waals surface area (Å²) in [7, 11) is -1.53. The fraction of sp³-hybridized carbons (Fsp3) is 0.389. The summed E-state index contributed by atoms with van der Waals surface area (Å²) in [5.41, 5.74) is 0.756. The quantitative estimate of drug-likeness (QED) is 0.688. The molecular weight excluding hydrogens is 404 g/mol. The molecule has 150 valence electrons. The minimum absolute atomic E-state index is 0.0457. The molecule has 8 nitrogen and oxygen atoms in total. The van der Waals surface area contributed by atoms with E-state index >= 15 is 0 Å². The molecule has 0 saturated carbocycles. The SMILES string of the molecule is COc1ccc(/C=C2\SC(=O)N(CCC(=O)N[C@@H]3CCS(=O)(=O)C3)C2=O)cc1. The van der Waals surface area contributed by atoms with E-state index < -0.39 is 27.0 Å². The number of sulfone groups is 1. The number of nitrogens with one attached hydrogen (secondary N) is 1. The zero-order valence-corrected chi connectivity index (χ0v) is 16.8. The molecule has 1 aromatic rings. The van der Waals surface area contributed by atoms with E-state index in [2.05, 4.69) is 5.32 Å². The summed E-state index contributed by atoms with van der Waals surface area (Å²) in [6.45, 7) is -0.0457. The number of methoxy groups -OCH3 is 1. The first-order valence-electron chi connectivity index (χ1n) is 8.66. The van der Waals surface area contributed by atoms with E-state index in [4.69, 9.17) is 4.74 Å². The Hall–Kier alpha value is -2.33. The van der Waals surface area contributed by atoms with Crippen molar-refractivity contribution in [1.29, 1.82) is 0 Å². The number of carbonyl (C=O) groups is 3. The van der Waals surface area contributed by atoms with Crippen molar-refractivity contribution >= 4 is 44.7 Å². The summed E-state index contributed by atoms with van der Waals surface area (Å²) in [5.74, 6) is -0.129. The molecule has 1 N–H and O–H groups in total. The van der Waals surface area contributed by atoms with Crippen molar-refractivity contribution in [2.45, 2.75) is 18.9 Å². The molecule has 1 atom stereocenters. The zero-order valence-electron chi connectivity index (χ0n) is 15.2. The number of benzene rings is 1. The molecule has 0 aliphatic carbocycles. The molecule has 3 amide bonds. The number of nitrogens with zero attached hydrogens (tertiary/aromatic N) is 1. The van der Waals surface area contributed by atoms with Gasteiger partial charge in [0.05, 0.1) is 23.5 Å². The van der Waals surface area contributed by atoms with Crippen LogP contribution in [0.25, 0.3) is 6.08 Å². The average Bonchev–Trinajstić information content (AvgIpc) is 3.12. The number of rotatable bonds is 6. The molecule has 10 heteroatoms. The van der Waals surface area contributed by atoms with Gasteiger partial charge < -0.3 is 10.1 Å². The smallest absolute Gasteiger partial charge is 0.293 e. The van der Waals surface area contributed by atoms with Crippen LogP contribution in [0.2, 0.25) is 0 Å². The van der Waals surface area contributed by atoms with Crippen LogP contribution >= 0.6 is 11.8 Å². The third-order valence-electron chi connectivity index (χ3n) is 4.45. The van der Waals surface area contributed by atoms with Crippen LogP contribution in [0.4, 0.5) is 4.79 Å². The molecule has 28 heavy (non-hydrogen) atoms. The van der Waals surface area contributed by atoms with E-state index in [9.17, 15) is 22.8 Å². The van der Waals surface area contributed by atoms with Crippen molar-refractivity contribution in [1.82, 2.24) is 10.2 Å². The van der Waals surface area contributed by atoms with Crippen LogP contribution in [-0.2, 0) is 19.4 Å². The highest BCUT2D eigenvalue weighted by molar-refractivity contribution is 8.18. The Balaban J connectivity index is 1.56.